The Morgan fingerprint density at radius 1 is 0.959 bits per heavy atom. The third kappa shape index (κ3) is 8.29. The van der Waals surface area contributed by atoms with Crippen LogP contribution in [0.1, 0.15) is 89.9 Å². The molecule has 1 saturated carbocycles. The molecule has 1 aromatic heterocycles. The topological polar surface area (TPSA) is 76.4 Å². The fourth-order valence-corrected chi connectivity index (χ4v) is 7.61. The second-order valence-electron chi connectivity index (χ2n) is 13.3. The fourth-order valence-electron chi connectivity index (χ4n) is 7.61. The Labute approximate surface area is 280 Å². The minimum atomic E-state index is -4.72. The summed E-state index contributed by atoms with van der Waals surface area (Å²) in [5.74, 6) is 0.225. The van der Waals surface area contributed by atoms with Gasteiger partial charge in [0.25, 0.3) is 5.95 Å². The molecule has 2 aromatic carbocycles. The first kappa shape index (κ1) is 36.4. The van der Waals surface area contributed by atoms with Gasteiger partial charge in [-0.1, -0.05) is 17.2 Å². The monoisotopic (exact) mass is 698 g/mol. The highest BCUT2D eigenvalue weighted by Crippen LogP contribution is 2.47. The Morgan fingerprint density at radius 3 is 2.22 bits per heavy atom. The second-order valence-corrected chi connectivity index (χ2v) is 13.3. The summed E-state index contributed by atoms with van der Waals surface area (Å²) in [6.07, 6.45) is -4.73. The molecule has 3 aromatic rings. The molecule has 15 heteroatoms. The van der Waals surface area contributed by atoms with Crippen molar-refractivity contribution in [2.24, 2.45) is 18.9 Å². The van der Waals surface area contributed by atoms with Crippen LogP contribution in [-0.2, 0) is 42.2 Å². The number of benzene rings is 2. The van der Waals surface area contributed by atoms with E-state index in [4.69, 9.17) is 4.74 Å². The maximum Gasteiger partial charge on any atom is 0.416 e. The molecule has 2 heterocycles. The Morgan fingerprint density at radius 2 is 1.63 bits per heavy atom. The number of aromatic nitrogens is 4. The van der Waals surface area contributed by atoms with Crippen LogP contribution in [-0.4, -0.2) is 46.4 Å². The number of aryl methyl sites for hydroxylation is 2. The Bertz CT molecular complexity index is 1630. The van der Waals surface area contributed by atoms with Crippen molar-refractivity contribution in [2.75, 3.05) is 30.0 Å². The van der Waals surface area contributed by atoms with Gasteiger partial charge in [0.1, 0.15) is 6.67 Å². The molecule has 268 valence electrons. The lowest BCUT2D eigenvalue weighted by Gasteiger charge is -2.37. The van der Waals surface area contributed by atoms with E-state index in [1.807, 2.05) is 4.90 Å². The minimum Gasteiger partial charge on any atom is -0.469 e. The number of carbonyl (C=O) groups excluding carboxylic acids is 1. The van der Waals surface area contributed by atoms with E-state index in [9.17, 15) is 35.5 Å². The highest BCUT2D eigenvalue weighted by molar-refractivity contribution is 5.69. The van der Waals surface area contributed by atoms with Crippen LogP contribution >= 0.6 is 0 Å². The van der Waals surface area contributed by atoms with Crippen molar-refractivity contribution >= 4 is 17.6 Å². The summed E-state index contributed by atoms with van der Waals surface area (Å²) in [6.45, 7) is 2.59. The smallest absolute Gasteiger partial charge is 0.416 e. The molecule has 8 nitrogen and oxygen atoms in total. The lowest BCUT2D eigenvalue weighted by atomic mass is 9.80. The zero-order chi connectivity index (χ0) is 35.7. The summed E-state index contributed by atoms with van der Waals surface area (Å²) in [6, 6.07) is 3.96. The number of tetrazole rings is 1. The number of ether oxygens (including phenoxy) is 1. The molecule has 5 rings (SSSR count). The van der Waals surface area contributed by atoms with Gasteiger partial charge >= 0.3 is 18.3 Å². The van der Waals surface area contributed by atoms with Gasteiger partial charge in [0.15, 0.2) is 0 Å². The number of nitrogens with zero attached hydrogens (tertiary/aromatic N) is 6. The number of anilines is 2. The van der Waals surface area contributed by atoms with Crippen LogP contribution < -0.4 is 9.80 Å². The van der Waals surface area contributed by atoms with Crippen molar-refractivity contribution in [3.8, 4) is 0 Å². The number of carbonyl (C=O) groups is 1. The summed E-state index contributed by atoms with van der Waals surface area (Å²) in [5.41, 5.74) is -0.559. The molecule has 0 bridgehead atoms. The van der Waals surface area contributed by atoms with Gasteiger partial charge in [-0.05, 0) is 109 Å². The van der Waals surface area contributed by atoms with E-state index in [1.165, 1.54) is 44.9 Å². The standard InChI is InChI=1S/C34H41F7N6O2/c1-20-12-27-28(47(32-42-44-45(3)43-32)19-25-13-24(17-35)14-26(15-25)33(36,37)38)6-5-11-46(31(27)21(2)30(20)34(39,40)41)18-23-9-7-22(8-10-23)16-29(48)49-4/h12-15,22-23,28H,5-11,16-19H2,1-4H3/t22?,23?,28-/m0/s1. The van der Waals surface area contributed by atoms with Gasteiger partial charge in [0.05, 0.1) is 31.3 Å². The number of esters is 1. The van der Waals surface area contributed by atoms with E-state index in [-0.39, 0.29) is 52.6 Å². The number of alkyl halides is 7. The first-order valence-electron chi connectivity index (χ1n) is 16.4. The van der Waals surface area contributed by atoms with Crippen molar-refractivity contribution in [3.63, 3.8) is 0 Å². The molecule has 1 aliphatic heterocycles. The average molecular weight is 699 g/mol. The number of hydrogen-bond donors (Lipinski definition) is 0. The number of halogens is 7. The number of rotatable bonds is 9. The molecule has 2 aliphatic rings. The Balaban J connectivity index is 1.57. The van der Waals surface area contributed by atoms with Crippen LogP contribution in [0.5, 0.6) is 0 Å². The number of fused-ring (bicyclic) bond motifs is 1. The molecular formula is C34H41F7N6O2. The van der Waals surface area contributed by atoms with Crippen molar-refractivity contribution in [2.45, 2.75) is 90.4 Å². The molecule has 0 spiro atoms. The van der Waals surface area contributed by atoms with Gasteiger partial charge in [-0.3, -0.25) is 4.79 Å². The normalized spacial score (nSPS) is 20.1. The molecular weight excluding hydrogens is 657 g/mol. The van der Waals surface area contributed by atoms with Crippen molar-refractivity contribution in [1.29, 1.82) is 0 Å². The average Bonchev–Trinajstić information content (AvgIpc) is 3.38. The molecule has 0 radical (unpaired) electrons. The minimum absolute atomic E-state index is 0.0322. The third-order valence-corrected chi connectivity index (χ3v) is 9.78. The van der Waals surface area contributed by atoms with Crippen LogP contribution in [0.2, 0.25) is 0 Å². The Kier molecular flexibility index (Phi) is 10.8. The van der Waals surface area contributed by atoms with Gasteiger partial charge in [0.2, 0.25) is 0 Å². The van der Waals surface area contributed by atoms with Gasteiger partial charge in [-0.2, -0.15) is 31.1 Å². The van der Waals surface area contributed by atoms with Crippen LogP contribution in [0.15, 0.2) is 24.3 Å². The highest BCUT2D eigenvalue weighted by atomic mass is 19.4. The lowest BCUT2D eigenvalue weighted by molar-refractivity contribution is -0.142. The summed E-state index contributed by atoms with van der Waals surface area (Å²) in [7, 11) is 2.90. The molecule has 1 atom stereocenters. The predicted octanol–water partition coefficient (Wildman–Crippen LogP) is 8.05. The van der Waals surface area contributed by atoms with Crippen molar-refractivity contribution < 1.29 is 40.3 Å². The van der Waals surface area contributed by atoms with E-state index in [1.54, 1.807) is 4.90 Å². The van der Waals surface area contributed by atoms with E-state index >= 15 is 0 Å². The lowest BCUT2D eigenvalue weighted by Crippen LogP contribution is -2.34. The zero-order valence-electron chi connectivity index (χ0n) is 28.0. The summed E-state index contributed by atoms with van der Waals surface area (Å²) in [4.78, 5) is 16.7. The molecule has 1 fully saturated rings. The van der Waals surface area contributed by atoms with Gasteiger partial charge in [-0.25, -0.2) is 4.39 Å². The molecule has 49 heavy (non-hydrogen) atoms. The van der Waals surface area contributed by atoms with Crippen molar-refractivity contribution in [1.82, 2.24) is 20.2 Å². The summed E-state index contributed by atoms with van der Waals surface area (Å²) >= 11 is 0. The Hall–Kier alpha value is -3.91. The van der Waals surface area contributed by atoms with E-state index in [0.717, 1.165) is 37.8 Å². The molecule has 0 N–H and O–H groups in total. The molecule has 0 amide bonds. The highest BCUT2D eigenvalue weighted by Gasteiger charge is 2.40. The van der Waals surface area contributed by atoms with Crippen LogP contribution in [0.3, 0.4) is 0 Å². The largest absolute Gasteiger partial charge is 0.469 e. The zero-order valence-corrected chi connectivity index (χ0v) is 28.0. The summed E-state index contributed by atoms with van der Waals surface area (Å²) in [5, 5.41) is 12.4. The number of methoxy groups -OCH3 is 1. The second kappa shape index (κ2) is 14.5. The van der Waals surface area contributed by atoms with E-state index in [2.05, 4.69) is 15.4 Å². The third-order valence-electron chi connectivity index (χ3n) is 9.78. The first-order valence-corrected chi connectivity index (χ1v) is 16.4. The van der Waals surface area contributed by atoms with Crippen LogP contribution in [0.4, 0.5) is 42.4 Å². The van der Waals surface area contributed by atoms with E-state index in [0.29, 0.717) is 43.6 Å². The fraction of sp³-hybridized carbons (Fsp3) is 0.588. The SMILES string of the molecule is COC(=O)CC1CCC(CN2CCC[C@H](N(Cc3cc(CF)cc(C(F)(F)F)c3)c3nnn(C)n3)c3cc(C)c(C(F)(F)F)c(C)c32)CC1. The van der Waals surface area contributed by atoms with E-state index < -0.39 is 36.2 Å². The van der Waals surface area contributed by atoms with Crippen LogP contribution in [0.25, 0.3) is 0 Å². The van der Waals surface area contributed by atoms with Crippen molar-refractivity contribution in [3.05, 3.63) is 63.2 Å². The maximum absolute atomic E-state index is 14.5. The van der Waals surface area contributed by atoms with Gasteiger partial charge in [-0.15, -0.1) is 5.10 Å². The maximum atomic E-state index is 14.5. The quantitative estimate of drug-likeness (QED) is 0.165. The first-order chi connectivity index (χ1) is 23.1. The number of hydrogen-bond acceptors (Lipinski definition) is 7. The van der Waals surface area contributed by atoms with Gasteiger partial charge in [0, 0.05) is 31.7 Å². The predicted molar refractivity (Wildman–Crippen MR) is 168 cm³/mol. The van der Waals surface area contributed by atoms with Gasteiger partial charge < -0.3 is 14.5 Å². The summed E-state index contributed by atoms with van der Waals surface area (Å²) < 4.78 is 104. The van der Waals surface area contributed by atoms with Crippen LogP contribution in [0, 0.1) is 25.7 Å². The molecule has 1 aliphatic carbocycles. The molecule has 0 unspecified atom stereocenters. The molecule has 0 saturated heterocycles.